The van der Waals surface area contributed by atoms with Crippen LogP contribution in [0.25, 0.3) is 5.57 Å². The maximum Gasteiger partial charge on any atom is 0.129 e. The standard InChI is InChI=1S/C15H24O/c1-5-6-7-9-13(12-15(2,3)4)14-10-8-11-16-14/h8,10-12H,5-7,9H2,1-4H3/b13-12+. The molecule has 1 rings (SSSR count). The SMILES string of the molecule is CCCCC/C(=C\C(C)(C)C)c1ccco1. The molecule has 1 heteroatoms. The summed E-state index contributed by atoms with van der Waals surface area (Å²) in [5, 5.41) is 0. The molecule has 0 aliphatic heterocycles. The van der Waals surface area contributed by atoms with Gasteiger partial charge in [0.05, 0.1) is 6.26 Å². The lowest BCUT2D eigenvalue weighted by atomic mass is 9.91. The fraction of sp³-hybridized carbons (Fsp3) is 0.600. The number of allylic oxidation sites excluding steroid dienone is 2. The molecule has 0 atom stereocenters. The summed E-state index contributed by atoms with van der Waals surface area (Å²) in [5.74, 6) is 1.03. The monoisotopic (exact) mass is 220 g/mol. The molecule has 0 aromatic carbocycles. The first-order valence-corrected chi connectivity index (χ1v) is 6.28. The van der Waals surface area contributed by atoms with E-state index in [1.165, 1.54) is 24.8 Å². The molecular weight excluding hydrogens is 196 g/mol. The van der Waals surface area contributed by atoms with E-state index >= 15 is 0 Å². The van der Waals surface area contributed by atoms with E-state index in [9.17, 15) is 0 Å². The van der Waals surface area contributed by atoms with Crippen molar-refractivity contribution < 1.29 is 4.42 Å². The van der Waals surface area contributed by atoms with Crippen molar-refractivity contribution in [3.05, 3.63) is 30.2 Å². The van der Waals surface area contributed by atoms with Gasteiger partial charge in [-0.2, -0.15) is 0 Å². The van der Waals surface area contributed by atoms with Crippen LogP contribution in [0.1, 0.15) is 59.1 Å². The van der Waals surface area contributed by atoms with Gasteiger partial charge in [0.25, 0.3) is 0 Å². The molecule has 0 bridgehead atoms. The lowest BCUT2D eigenvalue weighted by molar-refractivity contribution is 0.527. The van der Waals surface area contributed by atoms with Crippen LogP contribution in [0.4, 0.5) is 0 Å². The fourth-order valence-corrected chi connectivity index (χ4v) is 1.82. The maximum absolute atomic E-state index is 5.50. The topological polar surface area (TPSA) is 13.1 Å². The first kappa shape index (κ1) is 13.1. The third-order valence-corrected chi connectivity index (χ3v) is 2.49. The molecule has 0 aliphatic rings. The maximum atomic E-state index is 5.50. The Hall–Kier alpha value is -0.980. The lowest BCUT2D eigenvalue weighted by Gasteiger charge is -2.15. The summed E-state index contributed by atoms with van der Waals surface area (Å²) in [5.41, 5.74) is 1.57. The molecule has 0 N–H and O–H groups in total. The van der Waals surface area contributed by atoms with Crippen molar-refractivity contribution in [2.75, 3.05) is 0 Å². The van der Waals surface area contributed by atoms with Crippen LogP contribution in [0.5, 0.6) is 0 Å². The van der Waals surface area contributed by atoms with E-state index in [1.807, 2.05) is 6.07 Å². The van der Waals surface area contributed by atoms with E-state index in [2.05, 4.69) is 39.8 Å². The van der Waals surface area contributed by atoms with E-state index < -0.39 is 0 Å². The molecule has 0 unspecified atom stereocenters. The third kappa shape index (κ3) is 4.69. The molecule has 0 radical (unpaired) electrons. The van der Waals surface area contributed by atoms with Gasteiger partial charge in [0.15, 0.2) is 0 Å². The van der Waals surface area contributed by atoms with Crippen LogP contribution in [0.2, 0.25) is 0 Å². The van der Waals surface area contributed by atoms with Gasteiger partial charge in [-0.3, -0.25) is 0 Å². The molecule has 0 aliphatic carbocycles. The van der Waals surface area contributed by atoms with Gasteiger partial charge in [-0.25, -0.2) is 0 Å². The quantitative estimate of drug-likeness (QED) is 0.614. The van der Waals surface area contributed by atoms with Gasteiger partial charge in [-0.15, -0.1) is 0 Å². The Bertz CT molecular complexity index is 312. The molecule has 0 saturated carbocycles. The summed E-state index contributed by atoms with van der Waals surface area (Å²) in [6, 6.07) is 4.02. The Balaban J connectivity index is 2.74. The highest BCUT2D eigenvalue weighted by molar-refractivity contribution is 5.61. The van der Waals surface area contributed by atoms with Crippen molar-refractivity contribution in [2.24, 2.45) is 5.41 Å². The Morgan fingerprint density at radius 1 is 1.31 bits per heavy atom. The molecule has 1 heterocycles. The average Bonchev–Trinajstić information content (AvgIpc) is 2.67. The van der Waals surface area contributed by atoms with Gasteiger partial charge in [0, 0.05) is 0 Å². The zero-order valence-corrected chi connectivity index (χ0v) is 11.0. The molecule has 0 amide bonds. The first-order valence-electron chi connectivity index (χ1n) is 6.28. The molecule has 0 saturated heterocycles. The number of hydrogen-bond donors (Lipinski definition) is 0. The average molecular weight is 220 g/mol. The van der Waals surface area contributed by atoms with Gasteiger partial charge in [-0.05, 0) is 36.0 Å². The van der Waals surface area contributed by atoms with E-state index in [1.54, 1.807) is 6.26 Å². The second-order valence-electron chi connectivity index (χ2n) is 5.47. The fourth-order valence-electron chi connectivity index (χ4n) is 1.82. The summed E-state index contributed by atoms with van der Waals surface area (Å²) >= 11 is 0. The van der Waals surface area contributed by atoms with Crippen LogP contribution in [-0.4, -0.2) is 0 Å². The second-order valence-corrected chi connectivity index (χ2v) is 5.47. The molecular formula is C15H24O. The van der Waals surface area contributed by atoms with E-state index in [0.29, 0.717) is 0 Å². The molecule has 1 nitrogen and oxygen atoms in total. The highest BCUT2D eigenvalue weighted by Crippen LogP contribution is 2.28. The summed E-state index contributed by atoms with van der Waals surface area (Å²) in [7, 11) is 0. The smallest absolute Gasteiger partial charge is 0.129 e. The largest absolute Gasteiger partial charge is 0.465 e. The third-order valence-electron chi connectivity index (χ3n) is 2.49. The number of furan rings is 1. The molecule has 0 spiro atoms. The molecule has 1 aromatic heterocycles. The molecule has 16 heavy (non-hydrogen) atoms. The number of hydrogen-bond acceptors (Lipinski definition) is 1. The molecule has 1 aromatic rings. The number of unbranched alkanes of at least 4 members (excludes halogenated alkanes) is 2. The van der Waals surface area contributed by atoms with Gasteiger partial charge >= 0.3 is 0 Å². The van der Waals surface area contributed by atoms with Crippen LogP contribution in [-0.2, 0) is 0 Å². The first-order chi connectivity index (χ1) is 7.53. The Labute approximate surface area is 99.6 Å². The van der Waals surface area contributed by atoms with Gasteiger partial charge < -0.3 is 4.42 Å². The van der Waals surface area contributed by atoms with Crippen molar-refractivity contribution in [3.8, 4) is 0 Å². The van der Waals surface area contributed by atoms with E-state index in [-0.39, 0.29) is 5.41 Å². The Kier molecular flexibility index (Phi) is 4.85. The molecule has 0 fully saturated rings. The Morgan fingerprint density at radius 2 is 2.06 bits per heavy atom. The van der Waals surface area contributed by atoms with Gasteiger partial charge in [0.1, 0.15) is 5.76 Å². The lowest BCUT2D eigenvalue weighted by Crippen LogP contribution is -2.01. The minimum Gasteiger partial charge on any atom is -0.465 e. The van der Waals surface area contributed by atoms with Crippen molar-refractivity contribution in [2.45, 2.75) is 53.4 Å². The summed E-state index contributed by atoms with van der Waals surface area (Å²) in [6.07, 6.45) is 9.02. The zero-order chi connectivity index (χ0) is 12.0. The van der Waals surface area contributed by atoms with Gasteiger partial charge in [-0.1, -0.05) is 46.6 Å². The van der Waals surface area contributed by atoms with Crippen LogP contribution in [0.3, 0.4) is 0 Å². The van der Waals surface area contributed by atoms with Gasteiger partial charge in [0.2, 0.25) is 0 Å². The van der Waals surface area contributed by atoms with Crippen LogP contribution >= 0.6 is 0 Å². The highest BCUT2D eigenvalue weighted by atomic mass is 16.3. The predicted molar refractivity (Wildman–Crippen MR) is 70.3 cm³/mol. The van der Waals surface area contributed by atoms with Crippen LogP contribution in [0, 0.1) is 5.41 Å². The van der Waals surface area contributed by atoms with Crippen molar-refractivity contribution >= 4 is 5.57 Å². The normalized spacial score (nSPS) is 13.1. The van der Waals surface area contributed by atoms with Crippen molar-refractivity contribution in [1.29, 1.82) is 0 Å². The van der Waals surface area contributed by atoms with E-state index in [4.69, 9.17) is 4.42 Å². The zero-order valence-electron chi connectivity index (χ0n) is 11.0. The molecule has 90 valence electrons. The predicted octanol–water partition coefficient (Wildman–Crippen LogP) is 5.29. The van der Waals surface area contributed by atoms with E-state index in [0.717, 1.165) is 12.2 Å². The summed E-state index contributed by atoms with van der Waals surface area (Å²) in [6.45, 7) is 8.93. The van der Waals surface area contributed by atoms with Crippen LogP contribution < -0.4 is 0 Å². The summed E-state index contributed by atoms with van der Waals surface area (Å²) in [4.78, 5) is 0. The van der Waals surface area contributed by atoms with Crippen molar-refractivity contribution in [3.63, 3.8) is 0 Å². The minimum absolute atomic E-state index is 0.217. The second kappa shape index (κ2) is 5.93. The number of rotatable bonds is 5. The highest BCUT2D eigenvalue weighted by Gasteiger charge is 2.11. The Morgan fingerprint density at radius 3 is 2.56 bits per heavy atom. The van der Waals surface area contributed by atoms with Crippen molar-refractivity contribution in [1.82, 2.24) is 0 Å². The minimum atomic E-state index is 0.217. The van der Waals surface area contributed by atoms with Crippen LogP contribution in [0.15, 0.2) is 28.9 Å². The summed E-state index contributed by atoms with van der Waals surface area (Å²) < 4.78 is 5.50.